The Bertz CT molecular complexity index is 1390. The SMILES string of the molecule is CC(=O)c1ccc(-c2cccc(C(O)(C(=O)Nc3ccc(C#N)c(C(F)(F)F)c3)C3CCCCC3)c2)cc1. The molecule has 0 bridgehead atoms. The van der Waals surface area contributed by atoms with Crippen molar-refractivity contribution in [3.8, 4) is 17.2 Å². The molecular formula is C30H27F3N2O3. The van der Waals surface area contributed by atoms with E-state index in [1.165, 1.54) is 19.1 Å². The Labute approximate surface area is 218 Å². The number of nitriles is 1. The summed E-state index contributed by atoms with van der Waals surface area (Å²) >= 11 is 0. The fraction of sp³-hybridized carbons (Fsp3) is 0.300. The fourth-order valence-electron chi connectivity index (χ4n) is 5.09. The van der Waals surface area contributed by atoms with Gasteiger partial charge in [-0.3, -0.25) is 9.59 Å². The monoisotopic (exact) mass is 520 g/mol. The second-order valence-electron chi connectivity index (χ2n) is 9.64. The first-order valence-electron chi connectivity index (χ1n) is 12.4. The zero-order valence-electron chi connectivity index (χ0n) is 20.8. The summed E-state index contributed by atoms with van der Waals surface area (Å²) in [7, 11) is 0. The number of carbonyl (C=O) groups excluding carboxylic acids is 2. The molecule has 4 rings (SSSR count). The smallest absolute Gasteiger partial charge is 0.375 e. The van der Waals surface area contributed by atoms with Crippen LogP contribution in [0.25, 0.3) is 11.1 Å². The lowest BCUT2D eigenvalue weighted by molar-refractivity contribution is -0.143. The van der Waals surface area contributed by atoms with Crippen molar-refractivity contribution in [2.75, 3.05) is 5.32 Å². The number of carbonyl (C=O) groups is 2. The lowest BCUT2D eigenvalue weighted by atomic mass is 9.72. The van der Waals surface area contributed by atoms with Gasteiger partial charge in [0.05, 0.1) is 17.2 Å². The molecule has 0 spiro atoms. The number of anilines is 1. The molecule has 3 aromatic carbocycles. The molecule has 0 saturated heterocycles. The van der Waals surface area contributed by atoms with Gasteiger partial charge in [-0.05, 0) is 60.7 Å². The van der Waals surface area contributed by atoms with Gasteiger partial charge < -0.3 is 10.4 Å². The molecule has 0 radical (unpaired) electrons. The molecular weight excluding hydrogens is 493 g/mol. The average molecular weight is 521 g/mol. The fourth-order valence-corrected chi connectivity index (χ4v) is 5.09. The molecule has 1 unspecified atom stereocenters. The van der Waals surface area contributed by atoms with Gasteiger partial charge in [-0.1, -0.05) is 61.7 Å². The summed E-state index contributed by atoms with van der Waals surface area (Å²) in [6.07, 6.45) is -0.993. The van der Waals surface area contributed by atoms with E-state index in [4.69, 9.17) is 5.26 Å². The van der Waals surface area contributed by atoms with Crippen molar-refractivity contribution in [1.82, 2.24) is 0 Å². The summed E-state index contributed by atoms with van der Waals surface area (Å²) in [6.45, 7) is 1.48. The normalized spacial score (nSPS) is 15.8. The van der Waals surface area contributed by atoms with Crippen molar-refractivity contribution in [2.24, 2.45) is 5.92 Å². The highest BCUT2D eigenvalue weighted by Gasteiger charge is 2.46. The van der Waals surface area contributed by atoms with Gasteiger partial charge in [0.1, 0.15) is 0 Å². The predicted molar refractivity (Wildman–Crippen MR) is 137 cm³/mol. The number of benzene rings is 3. The van der Waals surface area contributed by atoms with E-state index in [0.29, 0.717) is 30.0 Å². The number of alkyl halides is 3. The number of nitrogens with one attached hydrogen (secondary N) is 1. The number of nitrogens with zero attached hydrogens (tertiary/aromatic N) is 1. The van der Waals surface area contributed by atoms with Crippen molar-refractivity contribution in [3.63, 3.8) is 0 Å². The van der Waals surface area contributed by atoms with Crippen molar-refractivity contribution in [3.05, 3.63) is 89.0 Å². The van der Waals surface area contributed by atoms with Crippen LogP contribution in [0.3, 0.4) is 0 Å². The largest absolute Gasteiger partial charge is 0.417 e. The Kier molecular flexibility index (Phi) is 7.70. The highest BCUT2D eigenvalue weighted by Crippen LogP contribution is 2.42. The second-order valence-corrected chi connectivity index (χ2v) is 9.64. The molecule has 1 atom stereocenters. The van der Waals surface area contributed by atoms with Crippen LogP contribution in [0.15, 0.2) is 66.7 Å². The van der Waals surface area contributed by atoms with E-state index in [1.54, 1.807) is 42.5 Å². The van der Waals surface area contributed by atoms with E-state index < -0.39 is 34.7 Å². The molecule has 0 aliphatic heterocycles. The van der Waals surface area contributed by atoms with Crippen molar-refractivity contribution in [2.45, 2.75) is 50.8 Å². The first-order chi connectivity index (χ1) is 18.0. The van der Waals surface area contributed by atoms with E-state index in [2.05, 4.69) is 5.32 Å². The number of amides is 1. The van der Waals surface area contributed by atoms with Gasteiger partial charge in [-0.25, -0.2) is 0 Å². The van der Waals surface area contributed by atoms with Crippen LogP contribution in [0, 0.1) is 17.2 Å². The summed E-state index contributed by atoms with van der Waals surface area (Å²) < 4.78 is 40.5. The van der Waals surface area contributed by atoms with E-state index in [0.717, 1.165) is 36.5 Å². The van der Waals surface area contributed by atoms with Crippen LogP contribution < -0.4 is 5.32 Å². The number of aliphatic hydroxyl groups is 1. The molecule has 196 valence electrons. The minimum absolute atomic E-state index is 0.0647. The molecule has 0 heterocycles. The molecule has 2 N–H and O–H groups in total. The zero-order valence-corrected chi connectivity index (χ0v) is 20.8. The Hall–Kier alpha value is -3.96. The van der Waals surface area contributed by atoms with Crippen molar-refractivity contribution >= 4 is 17.4 Å². The Morgan fingerprint density at radius 2 is 1.63 bits per heavy atom. The Morgan fingerprint density at radius 1 is 0.947 bits per heavy atom. The third-order valence-corrected chi connectivity index (χ3v) is 7.17. The van der Waals surface area contributed by atoms with Crippen LogP contribution in [-0.2, 0) is 16.6 Å². The molecule has 1 aliphatic rings. The molecule has 1 amide bonds. The Morgan fingerprint density at radius 3 is 2.24 bits per heavy atom. The summed E-state index contributed by atoms with van der Waals surface area (Å²) in [5, 5.41) is 23.6. The maximum atomic E-state index is 13.7. The maximum Gasteiger partial charge on any atom is 0.417 e. The molecule has 1 saturated carbocycles. The molecule has 1 fully saturated rings. The highest BCUT2D eigenvalue weighted by molar-refractivity contribution is 5.98. The summed E-state index contributed by atoms with van der Waals surface area (Å²) in [5.74, 6) is -1.33. The lowest BCUT2D eigenvalue weighted by Gasteiger charge is -2.38. The molecule has 8 heteroatoms. The molecule has 38 heavy (non-hydrogen) atoms. The second kappa shape index (κ2) is 10.8. The summed E-state index contributed by atoms with van der Waals surface area (Å²) in [4.78, 5) is 25.3. The lowest BCUT2D eigenvalue weighted by Crippen LogP contribution is -2.47. The van der Waals surface area contributed by atoms with E-state index in [1.807, 2.05) is 6.07 Å². The van der Waals surface area contributed by atoms with Gasteiger partial charge >= 0.3 is 6.18 Å². The van der Waals surface area contributed by atoms with Crippen LogP contribution in [0.4, 0.5) is 18.9 Å². The first kappa shape index (κ1) is 27.1. The van der Waals surface area contributed by atoms with Crippen LogP contribution in [0.2, 0.25) is 0 Å². The van der Waals surface area contributed by atoms with Gasteiger partial charge in [-0.15, -0.1) is 0 Å². The number of halogens is 3. The van der Waals surface area contributed by atoms with Crippen LogP contribution >= 0.6 is 0 Å². The molecule has 0 aromatic heterocycles. The topological polar surface area (TPSA) is 90.2 Å². The summed E-state index contributed by atoms with van der Waals surface area (Å²) in [6, 6.07) is 18.3. The van der Waals surface area contributed by atoms with Crippen LogP contribution in [0.1, 0.15) is 66.1 Å². The molecule has 5 nitrogen and oxygen atoms in total. The number of Topliss-reactive ketones (excluding diaryl/α,β-unsaturated/α-hetero) is 1. The van der Waals surface area contributed by atoms with Gasteiger partial charge in [0, 0.05) is 17.2 Å². The minimum Gasteiger partial charge on any atom is -0.375 e. The van der Waals surface area contributed by atoms with Crippen molar-refractivity contribution < 1.29 is 27.9 Å². The quantitative estimate of drug-likeness (QED) is 0.348. The summed E-state index contributed by atoms with van der Waals surface area (Å²) in [5.41, 5.74) is -1.48. The Balaban J connectivity index is 1.73. The van der Waals surface area contributed by atoms with Crippen LogP contribution in [-0.4, -0.2) is 16.8 Å². The zero-order chi connectivity index (χ0) is 27.5. The maximum absolute atomic E-state index is 13.7. The average Bonchev–Trinajstić information content (AvgIpc) is 2.92. The third kappa shape index (κ3) is 5.48. The molecule has 3 aromatic rings. The van der Waals surface area contributed by atoms with Gasteiger partial charge in [0.15, 0.2) is 11.4 Å². The van der Waals surface area contributed by atoms with Gasteiger partial charge in [0.2, 0.25) is 0 Å². The van der Waals surface area contributed by atoms with Gasteiger partial charge in [-0.2, -0.15) is 18.4 Å². The third-order valence-electron chi connectivity index (χ3n) is 7.17. The van der Waals surface area contributed by atoms with Crippen molar-refractivity contribution in [1.29, 1.82) is 5.26 Å². The predicted octanol–water partition coefficient (Wildman–Crippen LogP) is 6.85. The first-order valence-corrected chi connectivity index (χ1v) is 12.4. The highest BCUT2D eigenvalue weighted by atomic mass is 19.4. The minimum atomic E-state index is -4.78. The van der Waals surface area contributed by atoms with E-state index >= 15 is 0 Å². The molecule has 1 aliphatic carbocycles. The number of rotatable bonds is 6. The number of hydrogen-bond acceptors (Lipinski definition) is 4. The van der Waals surface area contributed by atoms with E-state index in [-0.39, 0.29) is 11.5 Å². The number of hydrogen-bond donors (Lipinski definition) is 2. The van der Waals surface area contributed by atoms with E-state index in [9.17, 15) is 27.9 Å². The standard InChI is InChI=1S/C30H27F3N2O3/c1-19(36)20-10-12-21(13-11-20)22-6-5-9-25(16-22)29(38,24-7-3-2-4-8-24)28(37)35-26-15-14-23(18-34)27(17-26)30(31,32)33/h5-6,9-17,24,38H,2-4,7-8H2,1H3,(H,35,37). The number of ketones is 1. The van der Waals surface area contributed by atoms with Crippen LogP contribution in [0.5, 0.6) is 0 Å². The van der Waals surface area contributed by atoms with Gasteiger partial charge in [0.25, 0.3) is 5.91 Å².